The van der Waals surface area contributed by atoms with Gasteiger partial charge in [-0.1, -0.05) is 24.3 Å². The summed E-state index contributed by atoms with van der Waals surface area (Å²) in [4.78, 5) is 17.3. The van der Waals surface area contributed by atoms with Gasteiger partial charge in [0.15, 0.2) is 0 Å². The number of carbonyl (C=O) groups is 1. The molecule has 2 aliphatic heterocycles. The maximum absolute atomic E-state index is 12.9. The van der Waals surface area contributed by atoms with Crippen LogP contribution < -0.4 is 0 Å². The van der Waals surface area contributed by atoms with Crippen LogP contribution in [0, 0.1) is 5.41 Å². The Hall–Kier alpha value is -1.35. The van der Waals surface area contributed by atoms with Crippen molar-refractivity contribution < 1.29 is 4.79 Å². The van der Waals surface area contributed by atoms with E-state index in [9.17, 15) is 4.79 Å². The minimum absolute atomic E-state index is 0.112. The molecule has 1 saturated carbocycles. The summed E-state index contributed by atoms with van der Waals surface area (Å²) in [6.45, 7) is 2.80. The van der Waals surface area contributed by atoms with Gasteiger partial charge in [-0.2, -0.15) is 0 Å². The second kappa shape index (κ2) is 4.84. The number of nitrogens with zero attached hydrogens (tertiary/aromatic N) is 2. The highest BCUT2D eigenvalue weighted by Crippen LogP contribution is 2.52. The lowest BCUT2D eigenvalue weighted by molar-refractivity contribution is -0.139. The van der Waals surface area contributed by atoms with E-state index in [-0.39, 0.29) is 6.04 Å². The Morgan fingerprint density at radius 1 is 1.19 bits per heavy atom. The van der Waals surface area contributed by atoms with Crippen molar-refractivity contribution in [3.63, 3.8) is 0 Å². The third-order valence-electron chi connectivity index (χ3n) is 5.75. The number of hydrogen-bond donors (Lipinski definition) is 0. The number of fused-ring (bicyclic) bond motifs is 1. The summed E-state index contributed by atoms with van der Waals surface area (Å²) in [5.41, 5.74) is 3.32. The van der Waals surface area contributed by atoms with E-state index < -0.39 is 0 Å². The van der Waals surface area contributed by atoms with Gasteiger partial charge in [0.25, 0.3) is 0 Å². The van der Waals surface area contributed by atoms with Crippen molar-refractivity contribution >= 4 is 5.91 Å². The average molecular weight is 284 g/mol. The first-order valence-corrected chi connectivity index (χ1v) is 8.23. The Kier molecular flexibility index (Phi) is 3.07. The van der Waals surface area contributed by atoms with Gasteiger partial charge in [-0.15, -0.1) is 0 Å². The molecule has 2 fully saturated rings. The summed E-state index contributed by atoms with van der Waals surface area (Å²) >= 11 is 0. The minimum Gasteiger partial charge on any atom is -0.337 e. The molecule has 21 heavy (non-hydrogen) atoms. The molecule has 0 bridgehead atoms. The zero-order valence-electron chi connectivity index (χ0n) is 12.8. The number of piperidine rings is 1. The van der Waals surface area contributed by atoms with Crippen molar-refractivity contribution in [1.82, 2.24) is 9.80 Å². The van der Waals surface area contributed by atoms with E-state index in [0.29, 0.717) is 11.3 Å². The molecule has 0 radical (unpaired) electrons. The third kappa shape index (κ3) is 2.38. The minimum atomic E-state index is 0.112. The molecule has 1 aromatic rings. The molecule has 3 heteroatoms. The summed E-state index contributed by atoms with van der Waals surface area (Å²) in [7, 11) is 2.14. The van der Waals surface area contributed by atoms with Gasteiger partial charge < -0.3 is 4.90 Å². The van der Waals surface area contributed by atoms with Crippen molar-refractivity contribution in [2.45, 2.75) is 44.7 Å². The molecule has 0 aromatic heterocycles. The molecule has 4 rings (SSSR count). The SMILES string of the molecule is CN1CC2(CCC1C(=O)N1CCc3ccccc3C1)CC2. The van der Waals surface area contributed by atoms with Crippen LogP contribution in [0.5, 0.6) is 0 Å². The first kappa shape index (κ1) is 13.3. The highest BCUT2D eigenvalue weighted by atomic mass is 16.2. The van der Waals surface area contributed by atoms with Gasteiger partial charge in [-0.25, -0.2) is 0 Å². The maximum Gasteiger partial charge on any atom is 0.240 e. The number of carbonyl (C=O) groups excluding carboxylic acids is 1. The van der Waals surface area contributed by atoms with E-state index in [1.54, 1.807) is 0 Å². The summed E-state index contributed by atoms with van der Waals surface area (Å²) < 4.78 is 0. The summed E-state index contributed by atoms with van der Waals surface area (Å²) in [6, 6.07) is 8.65. The molecule has 1 aromatic carbocycles. The smallest absolute Gasteiger partial charge is 0.240 e. The Morgan fingerprint density at radius 3 is 2.67 bits per heavy atom. The van der Waals surface area contributed by atoms with Crippen LogP contribution in [0.2, 0.25) is 0 Å². The lowest BCUT2D eigenvalue weighted by Gasteiger charge is -2.40. The van der Waals surface area contributed by atoms with E-state index in [0.717, 1.165) is 32.5 Å². The second-order valence-corrected chi connectivity index (χ2v) is 7.25. The fourth-order valence-corrected chi connectivity index (χ4v) is 4.17. The Labute approximate surface area is 126 Å². The van der Waals surface area contributed by atoms with Crippen LogP contribution in [0.15, 0.2) is 24.3 Å². The van der Waals surface area contributed by atoms with Crippen LogP contribution in [-0.4, -0.2) is 41.9 Å². The predicted molar refractivity (Wildman–Crippen MR) is 82.9 cm³/mol. The van der Waals surface area contributed by atoms with Crippen LogP contribution in [-0.2, 0) is 17.8 Å². The van der Waals surface area contributed by atoms with Crippen molar-refractivity contribution in [3.8, 4) is 0 Å². The molecule has 1 aliphatic carbocycles. The molecule has 3 aliphatic rings. The van der Waals surface area contributed by atoms with Crippen LogP contribution in [0.25, 0.3) is 0 Å². The molecule has 1 saturated heterocycles. The molecule has 2 heterocycles. The van der Waals surface area contributed by atoms with Crippen LogP contribution >= 0.6 is 0 Å². The quantitative estimate of drug-likeness (QED) is 0.791. The normalized spacial score (nSPS) is 27.5. The van der Waals surface area contributed by atoms with Crippen molar-refractivity contribution in [2.75, 3.05) is 20.1 Å². The zero-order valence-corrected chi connectivity index (χ0v) is 12.8. The van der Waals surface area contributed by atoms with Gasteiger partial charge in [0.2, 0.25) is 5.91 Å². The molecule has 1 atom stereocenters. The Morgan fingerprint density at radius 2 is 1.95 bits per heavy atom. The Balaban J connectivity index is 1.46. The number of likely N-dealkylation sites (tertiary alicyclic amines) is 1. The van der Waals surface area contributed by atoms with Crippen LogP contribution in [0.1, 0.15) is 36.8 Å². The highest BCUT2D eigenvalue weighted by Gasteiger charge is 2.48. The predicted octanol–water partition coefficient (Wildman–Crippen LogP) is 2.45. The molecule has 1 unspecified atom stereocenters. The van der Waals surface area contributed by atoms with E-state index in [1.807, 2.05) is 0 Å². The van der Waals surface area contributed by atoms with Gasteiger partial charge in [0.1, 0.15) is 0 Å². The largest absolute Gasteiger partial charge is 0.337 e. The first-order chi connectivity index (χ1) is 10.2. The fourth-order valence-electron chi connectivity index (χ4n) is 4.17. The van der Waals surface area contributed by atoms with Crippen molar-refractivity contribution in [1.29, 1.82) is 0 Å². The average Bonchev–Trinajstić information content (AvgIpc) is 3.25. The second-order valence-electron chi connectivity index (χ2n) is 7.25. The van der Waals surface area contributed by atoms with E-state index in [4.69, 9.17) is 0 Å². The number of amides is 1. The Bertz CT molecular complexity index is 564. The van der Waals surface area contributed by atoms with Gasteiger partial charge in [0.05, 0.1) is 6.04 Å². The maximum atomic E-state index is 12.9. The number of benzene rings is 1. The summed E-state index contributed by atoms with van der Waals surface area (Å²) in [5.74, 6) is 0.350. The van der Waals surface area contributed by atoms with Gasteiger partial charge in [0, 0.05) is 19.6 Å². The van der Waals surface area contributed by atoms with E-state index >= 15 is 0 Å². The molecule has 1 spiro atoms. The van der Waals surface area contributed by atoms with Gasteiger partial charge in [-0.3, -0.25) is 9.69 Å². The lowest BCUT2D eigenvalue weighted by atomic mass is 9.89. The van der Waals surface area contributed by atoms with Crippen molar-refractivity contribution in [2.24, 2.45) is 5.41 Å². The molecule has 112 valence electrons. The van der Waals surface area contributed by atoms with Crippen molar-refractivity contribution in [3.05, 3.63) is 35.4 Å². The third-order valence-corrected chi connectivity index (χ3v) is 5.75. The summed E-state index contributed by atoms with van der Waals surface area (Å²) in [6.07, 6.45) is 6.04. The molecule has 0 N–H and O–H groups in total. The van der Waals surface area contributed by atoms with Crippen LogP contribution in [0.4, 0.5) is 0 Å². The summed E-state index contributed by atoms with van der Waals surface area (Å²) in [5, 5.41) is 0. The number of rotatable bonds is 1. The van der Waals surface area contributed by atoms with Gasteiger partial charge in [-0.05, 0) is 55.7 Å². The molecular formula is C18H24N2O. The lowest BCUT2D eigenvalue weighted by Crippen LogP contribution is -2.52. The molecular weight excluding hydrogens is 260 g/mol. The monoisotopic (exact) mass is 284 g/mol. The van der Waals surface area contributed by atoms with Crippen LogP contribution in [0.3, 0.4) is 0 Å². The standard InChI is InChI=1S/C18H24N2O/c1-19-13-18(9-10-18)8-6-16(19)17(21)20-11-7-14-4-2-3-5-15(14)12-20/h2-5,16H,6-13H2,1H3. The van der Waals surface area contributed by atoms with E-state index in [1.165, 1.54) is 30.4 Å². The first-order valence-electron chi connectivity index (χ1n) is 8.23. The zero-order chi connectivity index (χ0) is 14.4. The number of hydrogen-bond acceptors (Lipinski definition) is 2. The number of likely N-dealkylation sites (N-methyl/N-ethyl adjacent to an activating group) is 1. The molecule has 1 amide bonds. The van der Waals surface area contributed by atoms with E-state index in [2.05, 4.69) is 41.1 Å². The highest BCUT2D eigenvalue weighted by molar-refractivity contribution is 5.82. The van der Waals surface area contributed by atoms with Gasteiger partial charge >= 0.3 is 0 Å². The topological polar surface area (TPSA) is 23.6 Å². The fraction of sp³-hybridized carbons (Fsp3) is 0.611. The molecule has 3 nitrogen and oxygen atoms in total.